The molecule has 1 atom stereocenters. The number of quaternary nitrogens is 1. The second kappa shape index (κ2) is 7.51. The monoisotopic (exact) mass is 225 g/mol. The van der Waals surface area contributed by atoms with Crippen molar-refractivity contribution in [3.8, 4) is 0 Å². The van der Waals surface area contributed by atoms with Crippen molar-refractivity contribution in [1.82, 2.24) is 5.09 Å². The van der Waals surface area contributed by atoms with Crippen molar-refractivity contribution in [3.05, 3.63) is 0 Å². The third kappa shape index (κ3) is 10.3. The van der Waals surface area contributed by atoms with Gasteiger partial charge in [0, 0.05) is 6.54 Å². The molecule has 0 spiro atoms. The number of nitrogens with zero attached hydrogens (tertiary/aromatic N) is 1. The van der Waals surface area contributed by atoms with Crippen LogP contribution in [0.3, 0.4) is 0 Å². The van der Waals surface area contributed by atoms with Gasteiger partial charge >= 0.3 is 0 Å². The fourth-order valence-corrected chi connectivity index (χ4v) is 1.36. The number of hydrogen-bond acceptors (Lipinski definition) is 4. The molecule has 0 saturated carbocycles. The van der Waals surface area contributed by atoms with Crippen LogP contribution in [-0.2, 0) is 9.56 Å². The van der Waals surface area contributed by atoms with Gasteiger partial charge in [0.2, 0.25) is 0 Å². The van der Waals surface area contributed by atoms with Crippen LogP contribution >= 0.6 is 8.30 Å². The number of likely N-dealkylation sites (N-methyl/N-ethyl adjacent to an activating group) is 1. The second-order valence-corrected chi connectivity index (χ2v) is 5.50. The van der Waals surface area contributed by atoms with Gasteiger partial charge < -0.3 is 9.59 Å². The van der Waals surface area contributed by atoms with E-state index in [0.717, 1.165) is 11.0 Å². The normalized spacial score (nSPS) is 14.4. The summed E-state index contributed by atoms with van der Waals surface area (Å²) in [6, 6.07) is 0. The topological polar surface area (TPSA) is 50.7 Å². The molecule has 0 aromatic carbocycles. The summed E-state index contributed by atoms with van der Waals surface area (Å²) in [5, 5.41) is 11.5. The molecule has 0 amide bonds. The van der Waals surface area contributed by atoms with E-state index in [1.165, 1.54) is 0 Å². The summed E-state index contributed by atoms with van der Waals surface area (Å²) in [5.41, 5.74) is 0. The molecule has 0 aromatic heterocycles. The van der Waals surface area contributed by atoms with Crippen molar-refractivity contribution in [2.24, 2.45) is 0 Å². The maximum Gasteiger partial charge on any atom is 0.139 e. The molecule has 5 nitrogen and oxygen atoms in total. The zero-order valence-corrected chi connectivity index (χ0v) is 10.4. The molecule has 0 radical (unpaired) electrons. The van der Waals surface area contributed by atoms with E-state index in [1.807, 2.05) is 6.66 Å². The van der Waals surface area contributed by atoms with Crippen LogP contribution in [0, 0.1) is 0 Å². The van der Waals surface area contributed by atoms with E-state index in [1.54, 1.807) is 0 Å². The zero-order chi connectivity index (χ0) is 11.0. The van der Waals surface area contributed by atoms with Gasteiger partial charge in [-0.2, -0.15) is 4.67 Å². The van der Waals surface area contributed by atoms with Gasteiger partial charge in [-0.3, -0.25) is 5.09 Å². The number of nitrogens with one attached hydrogen (secondary N) is 1. The lowest BCUT2D eigenvalue weighted by Crippen LogP contribution is -2.37. The molecule has 0 aromatic rings. The fourth-order valence-electron chi connectivity index (χ4n) is 0.661. The molecular weight excluding hydrogens is 203 g/mol. The quantitative estimate of drug-likeness (QED) is 0.203. The first-order valence-corrected chi connectivity index (χ1v) is 6.34. The van der Waals surface area contributed by atoms with E-state index in [2.05, 4.69) is 26.2 Å². The highest BCUT2D eigenvalue weighted by molar-refractivity contribution is 7.49. The Morgan fingerprint density at radius 2 is 2.00 bits per heavy atom. The van der Waals surface area contributed by atoms with Gasteiger partial charge in [0.05, 0.1) is 27.7 Å². The number of hydrogen-bond donors (Lipinski definition) is 2. The Kier molecular flexibility index (Phi) is 7.64. The molecule has 14 heavy (non-hydrogen) atoms. The molecular formula is C8H22N2O3P+. The van der Waals surface area contributed by atoms with Crippen LogP contribution < -0.4 is 5.09 Å². The molecule has 0 fully saturated rings. The molecule has 0 aliphatic carbocycles. The molecule has 0 heterocycles. The average molecular weight is 225 g/mol. The molecule has 6 heteroatoms. The summed E-state index contributed by atoms with van der Waals surface area (Å²) in [6.45, 7) is 4.05. The minimum absolute atomic E-state index is 0.120. The van der Waals surface area contributed by atoms with E-state index in [9.17, 15) is 0 Å². The van der Waals surface area contributed by atoms with Crippen LogP contribution in [0.5, 0.6) is 0 Å². The molecule has 0 aliphatic heterocycles. The van der Waals surface area contributed by atoms with E-state index in [4.69, 9.17) is 14.7 Å². The Bertz CT molecular complexity index is 141. The van der Waals surface area contributed by atoms with Gasteiger partial charge in [-0.25, -0.2) is 4.89 Å². The van der Waals surface area contributed by atoms with Gasteiger partial charge in [-0.05, 0) is 6.66 Å². The van der Waals surface area contributed by atoms with E-state index < -0.39 is 8.30 Å². The van der Waals surface area contributed by atoms with Crippen LogP contribution in [-0.4, -0.2) is 63.7 Å². The Balaban J connectivity index is 3.27. The van der Waals surface area contributed by atoms with Crippen molar-refractivity contribution in [3.63, 3.8) is 0 Å². The average Bonchev–Trinajstić information content (AvgIpc) is 2.07. The number of aliphatic hydroxyl groups is 1. The van der Waals surface area contributed by atoms with Gasteiger partial charge in [-0.1, -0.05) is 0 Å². The lowest BCUT2D eigenvalue weighted by molar-refractivity contribution is -0.871. The van der Waals surface area contributed by atoms with E-state index >= 15 is 0 Å². The summed E-state index contributed by atoms with van der Waals surface area (Å²) >= 11 is 0. The van der Waals surface area contributed by atoms with Crippen molar-refractivity contribution < 1.29 is 19.2 Å². The maximum absolute atomic E-state index is 8.54. The lowest BCUT2D eigenvalue weighted by atomic mass is 10.5. The van der Waals surface area contributed by atoms with Gasteiger partial charge in [0.25, 0.3) is 0 Å². The highest BCUT2D eigenvalue weighted by atomic mass is 31.2. The SMILES string of the molecule is CP(NCCO)OOCC[N+](C)(C)C. The highest BCUT2D eigenvalue weighted by Gasteiger charge is 2.07. The minimum Gasteiger partial charge on any atom is -0.395 e. The summed E-state index contributed by atoms with van der Waals surface area (Å²) in [6.07, 6.45) is 0. The van der Waals surface area contributed by atoms with Gasteiger partial charge in [-0.15, -0.1) is 0 Å². The summed E-state index contributed by atoms with van der Waals surface area (Å²) in [5.74, 6) is 0. The van der Waals surface area contributed by atoms with Crippen LogP contribution in [0.25, 0.3) is 0 Å². The summed E-state index contributed by atoms with van der Waals surface area (Å²) in [7, 11) is 5.52. The summed E-state index contributed by atoms with van der Waals surface area (Å²) in [4.78, 5) is 5.04. The zero-order valence-electron chi connectivity index (χ0n) is 9.49. The number of rotatable bonds is 8. The van der Waals surface area contributed by atoms with Crippen LogP contribution in [0.4, 0.5) is 0 Å². The third-order valence-electron chi connectivity index (χ3n) is 1.46. The molecule has 0 bridgehead atoms. The first kappa shape index (κ1) is 14.2. The Labute approximate surface area is 87.4 Å². The molecule has 86 valence electrons. The number of aliphatic hydroxyl groups excluding tert-OH is 1. The van der Waals surface area contributed by atoms with Crippen molar-refractivity contribution in [2.45, 2.75) is 0 Å². The van der Waals surface area contributed by atoms with Crippen LogP contribution in [0.2, 0.25) is 0 Å². The van der Waals surface area contributed by atoms with Crippen LogP contribution in [0.15, 0.2) is 0 Å². The van der Waals surface area contributed by atoms with Gasteiger partial charge in [0.1, 0.15) is 21.5 Å². The maximum atomic E-state index is 8.54. The Morgan fingerprint density at radius 1 is 1.36 bits per heavy atom. The largest absolute Gasteiger partial charge is 0.395 e. The predicted molar refractivity (Wildman–Crippen MR) is 57.9 cm³/mol. The Morgan fingerprint density at radius 3 is 2.50 bits per heavy atom. The molecule has 2 N–H and O–H groups in total. The molecule has 0 saturated heterocycles. The molecule has 0 aliphatic rings. The standard InChI is InChI=1S/C8H22N2O3P/c1-10(2,3)6-8-12-13-14(4)9-5-7-11/h9,11H,5-8H2,1-4H3/q+1. The predicted octanol–water partition coefficient (Wildman–Crippen LogP) is 0.164. The van der Waals surface area contributed by atoms with Gasteiger partial charge in [0.15, 0.2) is 0 Å². The smallest absolute Gasteiger partial charge is 0.139 e. The van der Waals surface area contributed by atoms with Crippen molar-refractivity contribution in [2.75, 3.05) is 54.1 Å². The summed E-state index contributed by atoms with van der Waals surface area (Å²) < 4.78 is 5.93. The first-order valence-electron chi connectivity index (χ1n) is 4.64. The van der Waals surface area contributed by atoms with Crippen LogP contribution in [0.1, 0.15) is 0 Å². The minimum atomic E-state index is -0.773. The van der Waals surface area contributed by atoms with Crippen molar-refractivity contribution >= 4 is 8.30 Å². The highest BCUT2D eigenvalue weighted by Crippen LogP contribution is 2.25. The van der Waals surface area contributed by atoms with Crippen molar-refractivity contribution in [1.29, 1.82) is 0 Å². The Hall–Kier alpha value is 0.230. The molecule has 1 unspecified atom stereocenters. The fraction of sp³-hybridized carbons (Fsp3) is 1.00. The first-order chi connectivity index (χ1) is 6.45. The third-order valence-corrected chi connectivity index (χ3v) is 2.45. The molecule has 0 rings (SSSR count). The second-order valence-electron chi connectivity index (χ2n) is 4.04. The lowest BCUT2D eigenvalue weighted by Gasteiger charge is -2.23. The van der Waals surface area contributed by atoms with E-state index in [-0.39, 0.29) is 6.61 Å². The van der Waals surface area contributed by atoms with E-state index in [0.29, 0.717) is 13.2 Å².